The van der Waals surface area contributed by atoms with E-state index in [1.54, 1.807) is 6.20 Å². The molecule has 0 aromatic carbocycles. The van der Waals surface area contributed by atoms with Crippen molar-refractivity contribution in [3.05, 3.63) is 23.9 Å². The molecule has 114 valence electrons. The molecule has 1 N–H and O–H groups in total. The van der Waals surface area contributed by atoms with Crippen LogP contribution in [0.2, 0.25) is 0 Å². The molecule has 2 unspecified atom stereocenters. The summed E-state index contributed by atoms with van der Waals surface area (Å²) >= 11 is 0. The Hall–Kier alpha value is -1.62. The average molecular weight is 288 g/mol. The Balaban J connectivity index is 1.69. The summed E-state index contributed by atoms with van der Waals surface area (Å²) in [5, 5.41) is 3.62. The van der Waals surface area contributed by atoms with Crippen molar-refractivity contribution in [1.29, 1.82) is 0 Å². The summed E-state index contributed by atoms with van der Waals surface area (Å²) < 4.78 is 0. The number of nitrogens with one attached hydrogen (secondary N) is 1. The van der Waals surface area contributed by atoms with Crippen molar-refractivity contribution >= 4 is 11.7 Å². The Morgan fingerprint density at radius 1 is 1.19 bits per heavy atom. The van der Waals surface area contributed by atoms with E-state index in [0.717, 1.165) is 18.7 Å². The fourth-order valence-corrected chi connectivity index (χ4v) is 3.49. The molecule has 0 aliphatic carbocycles. The van der Waals surface area contributed by atoms with Crippen molar-refractivity contribution in [2.45, 2.75) is 43.8 Å². The van der Waals surface area contributed by atoms with E-state index in [2.05, 4.69) is 10.3 Å². The van der Waals surface area contributed by atoms with Crippen molar-refractivity contribution < 1.29 is 4.79 Å². The first-order valence-electron chi connectivity index (χ1n) is 7.71. The molecular formula is C16H24N4O. The second-order valence-corrected chi connectivity index (χ2v) is 6.48. The SMILES string of the molecule is CN(C)c1ccc(C(=O)N(C)C2CC3CCC(C2)N3)cn1. The minimum absolute atomic E-state index is 0.0825. The number of pyridine rings is 1. The van der Waals surface area contributed by atoms with Crippen LogP contribution in [0, 0.1) is 0 Å². The molecule has 0 saturated carbocycles. The first kappa shape index (κ1) is 14.3. The lowest BCUT2D eigenvalue weighted by atomic mass is 9.98. The molecule has 0 radical (unpaired) electrons. The molecule has 2 fully saturated rings. The van der Waals surface area contributed by atoms with Gasteiger partial charge in [0.15, 0.2) is 0 Å². The summed E-state index contributed by atoms with van der Waals surface area (Å²) in [5.41, 5.74) is 0.675. The van der Waals surface area contributed by atoms with Gasteiger partial charge >= 0.3 is 0 Å². The fraction of sp³-hybridized carbons (Fsp3) is 0.625. The molecule has 3 rings (SSSR count). The Labute approximate surface area is 126 Å². The zero-order chi connectivity index (χ0) is 15.0. The standard InChI is InChI=1S/C16H24N4O/c1-19(2)15-7-4-11(10-17-15)16(21)20(3)14-8-12-5-6-13(9-14)18-12/h4,7,10,12-14,18H,5-6,8-9H2,1-3H3. The highest BCUT2D eigenvalue weighted by Crippen LogP contribution is 2.29. The van der Waals surface area contributed by atoms with Crippen LogP contribution in [0.3, 0.4) is 0 Å². The molecule has 2 bridgehead atoms. The molecule has 21 heavy (non-hydrogen) atoms. The number of nitrogens with zero attached hydrogens (tertiary/aromatic N) is 3. The molecule has 1 aromatic heterocycles. The number of hydrogen-bond acceptors (Lipinski definition) is 4. The van der Waals surface area contributed by atoms with E-state index in [4.69, 9.17) is 0 Å². The lowest BCUT2D eigenvalue weighted by Gasteiger charge is -2.35. The van der Waals surface area contributed by atoms with Crippen molar-refractivity contribution in [1.82, 2.24) is 15.2 Å². The quantitative estimate of drug-likeness (QED) is 0.916. The monoisotopic (exact) mass is 288 g/mol. The largest absolute Gasteiger partial charge is 0.363 e. The number of amides is 1. The van der Waals surface area contributed by atoms with Crippen molar-refractivity contribution in [3.63, 3.8) is 0 Å². The van der Waals surface area contributed by atoms with Crippen molar-refractivity contribution in [2.24, 2.45) is 0 Å². The maximum Gasteiger partial charge on any atom is 0.255 e. The van der Waals surface area contributed by atoms with Crippen molar-refractivity contribution in [3.8, 4) is 0 Å². The Bertz CT molecular complexity index is 502. The smallest absolute Gasteiger partial charge is 0.255 e. The van der Waals surface area contributed by atoms with Crippen LogP contribution in [-0.2, 0) is 0 Å². The van der Waals surface area contributed by atoms with Crippen LogP contribution in [0.15, 0.2) is 18.3 Å². The van der Waals surface area contributed by atoms with Gasteiger partial charge in [0.05, 0.1) is 5.56 Å². The molecule has 2 aliphatic heterocycles. The van der Waals surface area contributed by atoms with E-state index in [-0.39, 0.29) is 5.91 Å². The minimum atomic E-state index is 0.0825. The van der Waals surface area contributed by atoms with Gasteiger partial charge in [0.2, 0.25) is 0 Å². The second kappa shape index (κ2) is 5.64. The summed E-state index contributed by atoms with van der Waals surface area (Å²) in [6.07, 6.45) is 6.33. The first-order chi connectivity index (χ1) is 10.0. The van der Waals surface area contributed by atoms with Crippen LogP contribution in [0.1, 0.15) is 36.0 Å². The molecule has 1 amide bonds. The third-order valence-electron chi connectivity index (χ3n) is 4.77. The average Bonchev–Trinajstić information content (AvgIpc) is 2.84. The van der Waals surface area contributed by atoms with Crippen LogP contribution in [0.4, 0.5) is 5.82 Å². The molecule has 0 spiro atoms. The lowest BCUT2D eigenvalue weighted by Crippen LogP contribution is -2.48. The summed E-state index contributed by atoms with van der Waals surface area (Å²) in [5.74, 6) is 0.952. The van der Waals surface area contributed by atoms with E-state index in [0.29, 0.717) is 23.7 Å². The van der Waals surface area contributed by atoms with Crippen molar-refractivity contribution in [2.75, 3.05) is 26.0 Å². The maximum atomic E-state index is 12.6. The van der Waals surface area contributed by atoms with Gasteiger partial charge in [0.25, 0.3) is 5.91 Å². The van der Waals surface area contributed by atoms with E-state index in [9.17, 15) is 4.79 Å². The Kier molecular flexibility index (Phi) is 3.85. The van der Waals surface area contributed by atoms with Crippen LogP contribution in [0.5, 0.6) is 0 Å². The Morgan fingerprint density at radius 2 is 1.86 bits per heavy atom. The van der Waals surface area contributed by atoms with Gasteiger partial charge in [-0.05, 0) is 37.8 Å². The second-order valence-electron chi connectivity index (χ2n) is 6.48. The van der Waals surface area contributed by atoms with Gasteiger partial charge in [-0.25, -0.2) is 4.98 Å². The van der Waals surface area contributed by atoms with Gasteiger partial charge in [-0.3, -0.25) is 4.79 Å². The van der Waals surface area contributed by atoms with Gasteiger partial charge in [-0.15, -0.1) is 0 Å². The molecule has 5 heteroatoms. The molecule has 2 atom stereocenters. The third-order valence-corrected chi connectivity index (χ3v) is 4.77. The lowest BCUT2D eigenvalue weighted by molar-refractivity contribution is 0.0681. The molecule has 3 heterocycles. The third kappa shape index (κ3) is 2.88. The van der Waals surface area contributed by atoms with Crippen LogP contribution in [0.25, 0.3) is 0 Å². The molecule has 2 saturated heterocycles. The van der Waals surface area contributed by atoms with Gasteiger partial charge in [-0.1, -0.05) is 0 Å². The Morgan fingerprint density at radius 3 is 2.38 bits per heavy atom. The van der Waals surface area contributed by atoms with E-state index in [1.165, 1.54) is 12.8 Å². The summed E-state index contributed by atoms with van der Waals surface area (Å²) in [4.78, 5) is 20.8. The summed E-state index contributed by atoms with van der Waals surface area (Å²) in [6, 6.07) is 5.31. The highest BCUT2D eigenvalue weighted by molar-refractivity contribution is 5.94. The van der Waals surface area contributed by atoms with Gasteiger partial charge in [0, 0.05) is 45.5 Å². The van der Waals surface area contributed by atoms with E-state index in [1.807, 2.05) is 43.1 Å². The topological polar surface area (TPSA) is 48.5 Å². The zero-order valence-electron chi connectivity index (χ0n) is 13.0. The number of piperidine rings is 1. The number of hydrogen-bond donors (Lipinski definition) is 1. The summed E-state index contributed by atoms with van der Waals surface area (Å²) in [7, 11) is 5.82. The van der Waals surface area contributed by atoms with Gasteiger partial charge in [-0.2, -0.15) is 0 Å². The molecule has 5 nitrogen and oxygen atoms in total. The van der Waals surface area contributed by atoms with Gasteiger partial charge < -0.3 is 15.1 Å². The van der Waals surface area contributed by atoms with Gasteiger partial charge in [0.1, 0.15) is 5.82 Å². The normalized spacial score (nSPS) is 27.5. The highest BCUT2D eigenvalue weighted by atomic mass is 16.2. The number of carbonyl (C=O) groups is 1. The molecular weight excluding hydrogens is 264 g/mol. The molecule has 2 aliphatic rings. The van der Waals surface area contributed by atoms with Crippen LogP contribution >= 0.6 is 0 Å². The highest BCUT2D eigenvalue weighted by Gasteiger charge is 2.36. The minimum Gasteiger partial charge on any atom is -0.363 e. The number of aromatic nitrogens is 1. The summed E-state index contributed by atoms with van der Waals surface area (Å²) in [6.45, 7) is 0. The fourth-order valence-electron chi connectivity index (χ4n) is 3.49. The number of fused-ring (bicyclic) bond motifs is 2. The first-order valence-corrected chi connectivity index (χ1v) is 7.71. The predicted octanol–water partition coefficient (Wildman–Crippen LogP) is 1.50. The van der Waals surface area contributed by atoms with Crippen LogP contribution in [-0.4, -0.2) is 55.1 Å². The zero-order valence-corrected chi connectivity index (χ0v) is 13.0. The maximum absolute atomic E-state index is 12.6. The molecule has 1 aromatic rings. The predicted molar refractivity (Wildman–Crippen MR) is 83.6 cm³/mol. The number of carbonyl (C=O) groups excluding carboxylic acids is 1. The number of rotatable bonds is 3. The van der Waals surface area contributed by atoms with Crippen LogP contribution < -0.4 is 10.2 Å². The number of anilines is 1. The van der Waals surface area contributed by atoms with E-state index >= 15 is 0 Å². The van der Waals surface area contributed by atoms with E-state index < -0.39 is 0 Å².